The van der Waals surface area contributed by atoms with E-state index < -0.39 is 0 Å². The highest BCUT2D eigenvalue weighted by atomic mass is 35.5. The topological polar surface area (TPSA) is 64.7 Å². The average molecular weight is 431 g/mol. The Hall–Kier alpha value is -2.48. The molecule has 2 aromatic rings. The molecule has 2 N–H and O–H groups in total. The molecule has 2 amide bonds. The van der Waals surface area contributed by atoms with E-state index in [1.807, 2.05) is 4.90 Å². The summed E-state index contributed by atoms with van der Waals surface area (Å²) in [6, 6.07) is 14.2. The number of hydrogen-bond acceptors (Lipinski definition) is 4. The Morgan fingerprint density at radius 2 is 1.76 bits per heavy atom. The molecule has 1 fully saturated rings. The number of rotatable bonds is 4. The molecule has 0 atom stereocenters. The monoisotopic (exact) mass is 430 g/mol. The van der Waals surface area contributed by atoms with Crippen LogP contribution >= 0.6 is 23.8 Å². The minimum absolute atomic E-state index is 0.000516. The van der Waals surface area contributed by atoms with Crippen LogP contribution < -0.4 is 10.6 Å². The normalized spacial score (nSPS) is 14.3. The first-order valence-electron chi connectivity index (χ1n) is 9.34. The molecule has 29 heavy (non-hydrogen) atoms. The zero-order chi connectivity index (χ0) is 20.8. The number of hydrogen-bond donors (Lipinski definition) is 2. The van der Waals surface area contributed by atoms with Gasteiger partial charge in [-0.1, -0.05) is 29.8 Å². The van der Waals surface area contributed by atoms with Crippen LogP contribution in [0.5, 0.6) is 0 Å². The number of piperazine rings is 1. The van der Waals surface area contributed by atoms with Crippen molar-refractivity contribution < 1.29 is 9.59 Å². The van der Waals surface area contributed by atoms with Crippen LogP contribution in [0.3, 0.4) is 0 Å². The summed E-state index contributed by atoms with van der Waals surface area (Å²) in [7, 11) is 2.05. The van der Waals surface area contributed by atoms with E-state index in [0.29, 0.717) is 29.4 Å². The maximum Gasteiger partial charge on any atom is 0.254 e. The molecule has 0 spiro atoms. The number of amides is 2. The van der Waals surface area contributed by atoms with Crippen molar-refractivity contribution in [1.82, 2.24) is 15.1 Å². The van der Waals surface area contributed by atoms with Gasteiger partial charge in [-0.3, -0.25) is 9.59 Å². The van der Waals surface area contributed by atoms with Gasteiger partial charge in [0, 0.05) is 42.5 Å². The van der Waals surface area contributed by atoms with Gasteiger partial charge in [0.25, 0.3) is 5.91 Å². The third kappa shape index (κ3) is 6.25. The number of carbonyl (C=O) groups is 2. The Bertz CT molecular complexity index is 896. The van der Waals surface area contributed by atoms with Crippen molar-refractivity contribution in [3.8, 4) is 0 Å². The molecule has 1 aliphatic rings. The second-order valence-corrected chi connectivity index (χ2v) is 7.83. The van der Waals surface area contributed by atoms with Crippen molar-refractivity contribution in [3.05, 3.63) is 64.7 Å². The zero-order valence-corrected chi connectivity index (χ0v) is 17.7. The number of nitrogens with zero attached hydrogens (tertiary/aromatic N) is 2. The van der Waals surface area contributed by atoms with Crippen LogP contribution in [0.4, 0.5) is 5.69 Å². The molecule has 1 heterocycles. The van der Waals surface area contributed by atoms with Crippen molar-refractivity contribution in [1.29, 1.82) is 0 Å². The Kier molecular flexibility index (Phi) is 7.19. The number of anilines is 1. The van der Waals surface area contributed by atoms with E-state index in [1.165, 1.54) is 0 Å². The number of likely N-dealkylation sites (N-methyl/N-ethyl adjacent to an activating group) is 1. The van der Waals surface area contributed by atoms with Gasteiger partial charge in [-0.05, 0) is 55.2 Å². The largest absolute Gasteiger partial charge is 0.336 e. The third-order valence-electron chi connectivity index (χ3n) is 4.69. The molecule has 3 rings (SSSR count). The fourth-order valence-corrected chi connectivity index (χ4v) is 3.40. The first-order valence-corrected chi connectivity index (χ1v) is 10.1. The van der Waals surface area contributed by atoms with E-state index in [9.17, 15) is 9.59 Å². The fraction of sp³-hybridized carbons (Fsp3) is 0.286. The van der Waals surface area contributed by atoms with Gasteiger partial charge in [0.2, 0.25) is 5.91 Å². The van der Waals surface area contributed by atoms with Gasteiger partial charge in [-0.25, -0.2) is 0 Å². The number of halogens is 1. The molecule has 0 aliphatic carbocycles. The lowest BCUT2D eigenvalue weighted by atomic mass is 10.1. The maximum atomic E-state index is 12.7. The summed E-state index contributed by atoms with van der Waals surface area (Å²) in [5.74, 6) is -0.228. The van der Waals surface area contributed by atoms with Crippen LogP contribution in [0.1, 0.15) is 15.9 Å². The first-order chi connectivity index (χ1) is 13.9. The van der Waals surface area contributed by atoms with E-state index in [0.717, 1.165) is 18.7 Å². The lowest BCUT2D eigenvalue weighted by Crippen LogP contribution is -2.47. The van der Waals surface area contributed by atoms with Gasteiger partial charge in [0.05, 0.1) is 6.42 Å². The van der Waals surface area contributed by atoms with Crippen LogP contribution in [0, 0.1) is 0 Å². The van der Waals surface area contributed by atoms with Crippen molar-refractivity contribution in [2.24, 2.45) is 0 Å². The summed E-state index contributed by atoms with van der Waals surface area (Å²) >= 11 is 11.1. The van der Waals surface area contributed by atoms with Gasteiger partial charge in [-0.2, -0.15) is 0 Å². The molecule has 0 bridgehead atoms. The molecule has 8 heteroatoms. The highest BCUT2D eigenvalue weighted by Gasteiger charge is 2.20. The average Bonchev–Trinajstić information content (AvgIpc) is 2.70. The predicted octanol–water partition coefficient (Wildman–Crippen LogP) is 2.78. The van der Waals surface area contributed by atoms with Gasteiger partial charge in [0.1, 0.15) is 0 Å². The highest BCUT2D eigenvalue weighted by molar-refractivity contribution is 7.80. The summed E-state index contributed by atoms with van der Waals surface area (Å²) in [5.41, 5.74) is 2.09. The van der Waals surface area contributed by atoms with Gasteiger partial charge < -0.3 is 20.4 Å². The van der Waals surface area contributed by atoms with E-state index in [-0.39, 0.29) is 23.3 Å². The quantitative estimate of drug-likeness (QED) is 0.730. The number of thiocarbonyl (C=S) groups is 1. The Morgan fingerprint density at radius 3 is 2.45 bits per heavy atom. The van der Waals surface area contributed by atoms with Crippen LogP contribution in [0.2, 0.25) is 5.02 Å². The number of benzene rings is 2. The lowest BCUT2D eigenvalue weighted by molar-refractivity contribution is -0.119. The Labute approximate surface area is 180 Å². The Balaban J connectivity index is 1.55. The summed E-state index contributed by atoms with van der Waals surface area (Å²) < 4.78 is 0. The molecule has 2 aromatic carbocycles. The zero-order valence-electron chi connectivity index (χ0n) is 16.2. The van der Waals surface area contributed by atoms with Crippen molar-refractivity contribution >= 4 is 46.4 Å². The van der Waals surface area contributed by atoms with Crippen molar-refractivity contribution in [2.45, 2.75) is 6.42 Å². The van der Waals surface area contributed by atoms with Crippen LogP contribution in [-0.4, -0.2) is 60.0 Å². The van der Waals surface area contributed by atoms with Crippen LogP contribution in [0.25, 0.3) is 0 Å². The molecule has 0 saturated carbocycles. The fourth-order valence-electron chi connectivity index (χ4n) is 3.04. The van der Waals surface area contributed by atoms with E-state index >= 15 is 0 Å². The molecule has 1 saturated heterocycles. The van der Waals surface area contributed by atoms with Crippen molar-refractivity contribution in [2.75, 3.05) is 38.5 Å². The van der Waals surface area contributed by atoms with E-state index in [1.54, 1.807) is 48.5 Å². The maximum absolute atomic E-state index is 12.7. The standard InChI is InChI=1S/C21H23ClN4O2S/c1-25-9-11-26(12-10-25)20(28)16-3-2-4-18(14-16)23-21(29)24-19(27)13-15-5-7-17(22)8-6-15/h2-8,14H,9-13H2,1H3,(H2,23,24,27,29). The molecule has 0 aromatic heterocycles. The third-order valence-corrected chi connectivity index (χ3v) is 5.14. The van der Waals surface area contributed by atoms with E-state index in [2.05, 4.69) is 22.6 Å². The highest BCUT2D eigenvalue weighted by Crippen LogP contribution is 2.14. The summed E-state index contributed by atoms with van der Waals surface area (Å²) in [6.07, 6.45) is 0.195. The SMILES string of the molecule is CN1CCN(C(=O)c2cccc(NC(=S)NC(=O)Cc3ccc(Cl)cc3)c2)CC1. The predicted molar refractivity (Wildman–Crippen MR) is 119 cm³/mol. The van der Waals surface area contributed by atoms with Gasteiger partial charge in [0.15, 0.2) is 5.11 Å². The number of carbonyl (C=O) groups excluding carboxylic acids is 2. The van der Waals surface area contributed by atoms with Gasteiger partial charge >= 0.3 is 0 Å². The van der Waals surface area contributed by atoms with Crippen LogP contribution in [0.15, 0.2) is 48.5 Å². The molecule has 6 nitrogen and oxygen atoms in total. The minimum Gasteiger partial charge on any atom is -0.336 e. The lowest BCUT2D eigenvalue weighted by Gasteiger charge is -2.32. The van der Waals surface area contributed by atoms with E-state index in [4.69, 9.17) is 23.8 Å². The molecule has 152 valence electrons. The smallest absolute Gasteiger partial charge is 0.254 e. The first kappa shape index (κ1) is 21.2. The minimum atomic E-state index is -0.227. The molecule has 1 aliphatic heterocycles. The second kappa shape index (κ2) is 9.82. The number of nitrogens with one attached hydrogen (secondary N) is 2. The second-order valence-electron chi connectivity index (χ2n) is 6.98. The summed E-state index contributed by atoms with van der Waals surface area (Å²) in [4.78, 5) is 28.9. The molecule has 0 radical (unpaired) electrons. The molecule has 0 unspecified atom stereocenters. The van der Waals surface area contributed by atoms with Gasteiger partial charge in [-0.15, -0.1) is 0 Å². The summed E-state index contributed by atoms with van der Waals surface area (Å²) in [6.45, 7) is 3.17. The molecular weight excluding hydrogens is 408 g/mol. The molecular formula is C21H23ClN4O2S. The Morgan fingerprint density at radius 1 is 1.07 bits per heavy atom. The summed E-state index contributed by atoms with van der Waals surface area (Å²) in [5, 5.41) is 6.44. The van der Waals surface area contributed by atoms with Crippen molar-refractivity contribution in [3.63, 3.8) is 0 Å². The van der Waals surface area contributed by atoms with Crippen LogP contribution in [-0.2, 0) is 11.2 Å².